The van der Waals surface area contributed by atoms with Crippen LogP contribution in [0.25, 0.3) is 10.8 Å². The lowest BCUT2D eigenvalue weighted by atomic mass is 9.68. The van der Waals surface area contributed by atoms with Gasteiger partial charge in [0.2, 0.25) is 0 Å². The lowest BCUT2D eigenvalue weighted by Gasteiger charge is -2.39. The molecule has 3 aromatic carbocycles. The van der Waals surface area contributed by atoms with Crippen molar-refractivity contribution in [2.45, 2.75) is 46.0 Å². The van der Waals surface area contributed by atoms with Gasteiger partial charge < -0.3 is 10.1 Å². The van der Waals surface area contributed by atoms with E-state index in [-0.39, 0.29) is 23.8 Å². The quantitative estimate of drug-likeness (QED) is 0.454. The standard InChI is InChI=1S/C31H31NO3/c1-20-27(30(34)35-17-16-21-10-5-4-6-11-21)28(24-15-9-13-22-12-7-8-14-23(22)24)29-25(32-20)18-31(2,3)19-26(29)33/h4-15,28,32H,16-19H2,1-3H3/t28-/m0/s1. The second-order valence-corrected chi connectivity index (χ2v) is 10.4. The molecule has 35 heavy (non-hydrogen) atoms. The van der Waals surface area contributed by atoms with Crippen LogP contribution in [-0.4, -0.2) is 18.4 Å². The number of rotatable bonds is 5. The molecule has 0 unspecified atom stereocenters. The molecule has 1 heterocycles. The molecule has 0 aromatic heterocycles. The molecule has 2 aliphatic rings. The molecule has 4 nitrogen and oxygen atoms in total. The summed E-state index contributed by atoms with van der Waals surface area (Å²) in [5.74, 6) is -0.720. The number of nitrogens with one attached hydrogen (secondary N) is 1. The van der Waals surface area contributed by atoms with Crippen LogP contribution in [0.3, 0.4) is 0 Å². The maximum atomic E-state index is 13.6. The van der Waals surface area contributed by atoms with E-state index in [0.717, 1.165) is 39.7 Å². The third kappa shape index (κ3) is 4.53. The number of dihydropyridines is 1. The third-order valence-electron chi connectivity index (χ3n) is 7.06. The van der Waals surface area contributed by atoms with E-state index in [0.29, 0.717) is 24.0 Å². The number of carbonyl (C=O) groups excluding carboxylic acids is 2. The van der Waals surface area contributed by atoms with Crippen molar-refractivity contribution >= 4 is 22.5 Å². The number of hydrogen-bond acceptors (Lipinski definition) is 4. The van der Waals surface area contributed by atoms with Crippen LogP contribution in [0.1, 0.15) is 50.7 Å². The van der Waals surface area contributed by atoms with Crippen LogP contribution < -0.4 is 5.32 Å². The Morgan fingerprint density at radius 2 is 1.69 bits per heavy atom. The first-order valence-corrected chi connectivity index (χ1v) is 12.3. The number of carbonyl (C=O) groups is 2. The number of Topliss-reactive ketones (excluding diaryl/α,β-unsaturated/α-hetero) is 1. The van der Waals surface area contributed by atoms with E-state index in [1.807, 2.05) is 61.5 Å². The van der Waals surface area contributed by atoms with Crippen LogP contribution in [0, 0.1) is 5.41 Å². The van der Waals surface area contributed by atoms with E-state index in [9.17, 15) is 9.59 Å². The van der Waals surface area contributed by atoms with E-state index >= 15 is 0 Å². The lowest BCUT2D eigenvalue weighted by molar-refractivity contribution is -0.139. The molecule has 5 rings (SSSR count). The summed E-state index contributed by atoms with van der Waals surface area (Å²) in [6.07, 6.45) is 1.87. The van der Waals surface area contributed by atoms with Gasteiger partial charge in [-0.05, 0) is 40.7 Å². The van der Waals surface area contributed by atoms with Gasteiger partial charge in [-0.3, -0.25) is 4.79 Å². The summed E-state index contributed by atoms with van der Waals surface area (Å²) >= 11 is 0. The molecule has 1 N–H and O–H groups in total. The molecule has 0 spiro atoms. The number of ether oxygens (including phenoxy) is 1. The summed E-state index contributed by atoms with van der Waals surface area (Å²) in [6.45, 7) is 6.45. The fourth-order valence-electron chi connectivity index (χ4n) is 5.50. The Labute approximate surface area is 206 Å². The van der Waals surface area contributed by atoms with Crippen molar-refractivity contribution in [3.63, 3.8) is 0 Å². The summed E-state index contributed by atoms with van der Waals surface area (Å²) in [5, 5.41) is 5.57. The number of fused-ring (bicyclic) bond motifs is 1. The van der Waals surface area contributed by atoms with Gasteiger partial charge in [0.05, 0.1) is 12.2 Å². The van der Waals surface area contributed by atoms with Crippen LogP contribution in [0.15, 0.2) is 95.3 Å². The van der Waals surface area contributed by atoms with E-state index in [1.54, 1.807) is 0 Å². The maximum Gasteiger partial charge on any atom is 0.336 e. The zero-order valence-corrected chi connectivity index (χ0v) is 20.6. The summed E-state index contributed by atoms with van der Waals surface area (Å²) in [5.41, 5.74) is 4.90. The van der Waals surface area contributed by atoms with E-state index in [4.69, 9.17) is 4.74 Å². The Morgan fingerprint density at radius 1 is 0.971 bits per heavy atom. The Balaban J connectivity index is 1.56. The van der Waals surface area contributed by atoms with Crippen molar-refractivity contribution in [3.8, 4) is 0 Å². The molecule has 4 heteroatoms. The first-order valence-electron chi connectivity index (χ1n) is 12.3. The molecule has 0 radical (unpaired) electrons. The smallest absolute Gasteiger partial charge is 0.336 e. The highest BCUT2D eigenvalue weighted by Gasteiger charge is 2.43. The Bertz CT molecular complexity index is 1360. The van der Waals surface area contributed by atoms with E-state index < -0.39 is 5.92 Å². The van der Waals surface area contributed by atoms with Crippen molar-refractivity contribution in [3.05, 3.63) is 106 Å². The molecule has 0 saturated carbocycles. The van der Waals surface area contributed by atoms with Gasteiger partial charge >= 0.3 is 5.97 Å². The van der Waals surface area contributed by atoms with Crippen LogP contribution in [0.4, 0.5) is 0 Å². The van der Waals surface area contributed by atoms with Gasteiger partial charge in [-0.2, -0.15) is 0 Å². The van der Waals surface area contributed by atoms with Crippen LogP contribution in [-0.2, 0) is 20.7 Å². The second kappa shape index (κ2) is 9.18. The zero-order chi connectivity index (χ0) is 24.6. The first-order chi connectivity index (χ1) is 16.8. The normalized spacial score (nSPS) is 19.4. The van der Waals surface area contributed by atoms with Crippen molar-refractivity contribution < 1.29 is 14.3 Å². The van der Waals surface area contributed by atoms with Gasteiger partial charge in [-0.1, -0.05) is 86.6 Å². The molecular formula is C31H31NO3. The summed E-state index contributed by atoms with van der Waals surface area (Å²) in [6, 6.07) is 24.2. The Morgan fingerprint density at radius 3 is 2.49 bits per heavy atom. The third-order valence-corrected chi connectivity index (χ3v) is 7.06. The summed E-state index contributed by atoms with van der Waals surface area (Å²) < 4.78 is 5.80. The van der Waals surface area contributed by atoms with E-state index in [1.165, 1.54) is 0 Å². The molecule has 0 bridgehead atoms. The summed E-state index contributed by atoms with van der Waals surface area (Å²) in [7, 11) is 0. The van der Waals surface area contributed by atoms with Crippen LogP contribution in [0.5, 0.6) is 0 Å². The topological polar surface area (TPSA) is 55.4 Å². The molecule has 1 atom stereocenters. The highest BCUT2D eigenvalue weighted by molar-refractivity contribution is 6.05. The number of benzene rings is 3. The molecular weight excluding hydrogens is 434 g/mol. The van der Waals surface area contributed by atoms with Crippen molar-refractivity contribution in [1.82, 2.24) is 5.32 Å². The minimum absolute atomic E-state index is 0.101. The molecule has 0 amide bonds. The predicted molar refractivity (Wildman–Crippen MR) is 139 cm³/mol. The minimum atomic E-state index is -0.454. The SMILES string of the molecule is CC1=C(C(=O)OCCc2ccccc2)[C@H](c2cccc3ccccc23)C2=C(CC(C)(C)CC2=O)N1. The average molecular weight is 466 g/mol. The van der Waals surface area contributed by atoms with Gasteiger partial charge in [0.15, 0.2) is 5.78 Å². The highest BCUT2D eigenvalue weighted by Crippen LogP contribution is 2.48. The number of ketones is 1. The van der Waals surface area contributed by atoms with Crippen molar-refractivity contribution in [2.75, 3.05) is 6.61 Å². The average Bonchev–Trinajstić information content (AvgIpc) is 2.82. The number of esters is 1. The van der Waals surface area contributed by atoms with Gasteiger partial charge in [-0.15, -0.1) is 0 Å². The predicted octanol–water partition coefficient (Wildman–Crippen LogP) is 6.23. The summed E-state index contributed by atoms with van der Waals surface area (Å²) in [4.78, 5) is 27.1. The highest BCUT2D eigenvalue weighted by atomic mass is 16.5. The molecule has 0 saturated heterocycles. The fourth-order valence-corrected chi connectivity index (χ4v) is 5.50. The van der Waals surface area contributed by atoms with Gasteiger partial charge in [0.1, 0.15) is 0 Å². The van der Waals surface area contributed by atoms with Gasteiger partial charge in [-0.25, -0.2) is 4.79 Å². The maximum absolute atomic E-state index is 13.6. The second-order valence-electron chi connectivity index (χ2n) is 10.4. The van der Waals surface area contributed by atoms with Crippen molar-refractivity contribution in [1.29, 1.82) is 0 Å². The largest absolute Gasteiger partial charge is 0.462 e. The minimum Gasteiger partial charge on any atom is -0.462 e. The molecule has 178 valence electrons. The zero-order valence-electron chi connectivity index (χ0n) is 20.6. The fraction of sp³-hybridized carbons (Fsp3) is 0.290. The molecule has 1 aliphatic heterocycles. The van der Waals surface area contributed by atoms with Crippen LogP contribution in [0.2, 0.25) is 0 Å². The number of hydrogen-bond donors (Lipinski definition) is 1. The lowest BCUT2D eigenvalue weighted by Crippen LogP contribution is -2.38. The van der Waals surface area contributed by atoms with Gasteiger partial charge in [0, 0.05) is 35.7 Å². The van der Waals surface area contributed by atoms with Crippen molar-refractivity contribution in [2.24, 2.45) is 5.41 Å². The molecule has 1 aliphatic carbocycles. The first kappa shape index (κ1) is 23.1. The Kier molecular flexibility index (Phi) is 6.06. The molecule has 3 aromatic rings. The van der Waals surface area contributed by atoms with E-state index in [2.05, 4.69) is 37.4 Å². The Hall–Kier alpha value is -3.66. The molecule has 0 fully saturated rings. The van der Waals surface area contributed by atoms with Crippen LogP contribution >= 0.6 is 0 Å². The van der Waals surface area contributed by atoms with Gasteiger partial charge in [0.25, 0.3) is 0 Å². The number of allylic oxidation sites excluding steroid dienone is 3. The monoisotopic (exact) mass is 465 g/mol.